The zero-order chi connectivity index (χ0) is 18.6. The van der Waals surface area contributed by atoms with Crippen molar-refractivity contribution in [3.63, 3.8) is 0 Å². The van der Waals surface area contributed by atoms with Crippen LogP contribution in [0.2, 0.25) is 0 Å². The normalized spacial score (nSPS) is 10.9. The first-order valence-electron chi connectivity index (χ1n) is 8.66. The summed E-state index contributed by atoms with van der Waals surface area (Å²) in [5.74, 6) is 1.20. The van der Waals surface area contributed by atoms with Gasteiger partial charge in [-0.3, -0.25) is 4.57 Å². The topological polar surface area (TPSA) is 30.7 Å². The Morgan fingerprint density at radius 3 is 2.48 bits per heavy atom. The van der Waals surface area contributed by atoms with Crippen molar-refractivity contribution < 1.29 is 4.39 Å². The Labute approximate surface area is 161 Å². The third-order valence-corrected chi connectivity index (χ3v) is 5.18. The molecule has 0 fully saturated rings. The fourth-order valence-corrected chi connectivity index (χ4v) is 3.81. The average molecular weight is 375 g/mol. The smallest absolute Gasteiger partial charge is 0.196 e. The third kappa shape index (κ3) is 3.93. The number of hydrogen-bond donors (Lipinski definition) is 0. The Bertz CT molecular complexity index is 1060. The van der Waals surface area contributed by atoms with Crippen molar-refractivity contribution in [3.8, 4) is 17.1 Å². The van der Waals surface area contributed by atoms with E-state index in [9.17, 15) is 4.39 Å². The lowest BCUT2D eigenvalue weighted by molar-refractivity contribution is 0.626. The van der Waals surface area contributed by atoms with Gasteiger partial charge in [-0.25, -0.2) is 4.39 Å². The highest BCUT2D eigenvalue weighted by molar-refractivity contribution is 7.98. The van der Waals surface area contributed by atoms with Gasteiger partial charge in [0.1, 0.15) is 5.82 Å². The first-order chi connectivity index (χ1) is 13.2. The van der Waals surface area contributed by atoms with Crippen molar-refractivity contribution in [2.24, 2.45) is 0 Å². The lowest BCUT2D eigenvalue weighted by Crippen LogP contribution is -1.99. The molecule has 0 aliphatic rings. The van der Waals surface area contributed by atoms with Crippen LogP contribution >= 0.6 is 11.8 Å². The van der Waals surface area contributed by atoms with E-state index in [2.05, 4.69) is 33.8 Å². The van der Waals surface area contributed by atoms with Crippen LogP contribution in [0, 0.1) is 12.7 Å². The highest BCUT2D eigenvalue weighted by Gasteiger charge is 2.16. The minimum atomic E-state index is -0.224. The van der Waals surface area contributed by atoms with Crippen LogP contribution in [0.5, 0.6) is 0 Å². The van der Waals surface area contributed by atoms with Crippen molar-refractivity contribution in [2.45, 2.75) is 17.8 Å². The molecule has 0 aliphatic carbocycles. The molecule has 0 saturated heterocycles. The Morgan fingerprint density at radius 1 is 0.889 bits per heavy atom. The summed E-state index contributed by atoms with van der Waals surface area (Å²) in [7, 11) is 0. The minimum absolute atomic E-state index is 0.224. The molecule has 0 atom stereocenters. The summed E-state index contributed by atoms with van der Waals surface area (Å²) in [5, 5.41) is 9.65. The molecule has 1 aromatic heterocycles. The highest BCUT2D eigenvalue weighted by Crippen LogP contribution is 2.30. The van der Waals surface area contributed by atoms with Gasteiger partial charge in [-0.1, -0.05) is 65.9 Å². The van der Waals surface area contributed by atoms with Gasteiger partial charge in [-0.05, 0) is 42.8 Å². The van der Waals surface area contributed by atoms with Crippen LogP contribution < -0.4 is 0 Å². The Hall–Kier alpha value is -2.92. The van der Waals surface area contributed by atoms with Crippen LogP contribution in [0.25, 0.3) is 17.1 Å². The molecule has 0 radical (unpaired) electrons. The van der Waals surface area contributed by atoms with E-state index in [1.807, 2.05) is 48.5 Å². The molecule has 4 rings (SSSR count). The van der Waals surface area contributed by atoms with Crippen LogP contribution in [0.4, 0.5) is 4.39 Å². The molecular weight excluding hydrogens is 357 g/mol. The largest absolute Gasteiger partial charge is 0.270 e. The molecule has 27 heavy (non-hydrogen) atoms. The fraction of sp³-hybridized carbons (Fsp3) is 0.0909. The van der Waals surface area contributed by atoms with Gasteiger partial charge >= 0.3 is 0 Å². The number of aromatic nitrogens is 3. The van der Waals surface area contributed by atoms with E-state index in [1.165, 1.54) is 11.6 Å². The maximum atomic E-state index is 13.5. The van der Waals surface area contributed by atoms with Gasteiger partial charge < -0.3 is 0 Å². The molecule has 0 amide bonds. The van der Waals surface area contributed by atoms with Crippen LogP contribution in [0.15, 0.2) is 84.0 Å². The molecule has 134 valence electrons. The first kappa shape index (κ1) is 17.5. The summed E-state index contributed by atoms with van der Waals surface area (Å²) in [4.78, 5) is 0. The van der Waals surface area contributed by atoms with E-state index in [-0.39, 0.29) is 5.82 Å². The van der Waals surface area contributed by atoms with Crippen LogP contribution in [-0.4, -0.2) is 14.8 Å². The Morgan fingerprint density at radius 2 is 1.70 bits per heavy atom. The highest BCUT2D eigenvalue weighted by atomic mass is 32.2. The Balaban J connectivity index is 1.73. The quantitative estimate of drug-likeness (QED) is 0.421. The molecule has 1 heterocycles. The standard InChI is InChI=1S/C22H18FN3S/c1-16-7-5-9-18(13-16)21-24-25-22(26(21)20-11-3-2-4-12-20)27-15-17-8-6-10-19(23)14-17/h2-14H,15H2,1H3. The van der Waals surface area contributed by atoms with Gasteiger partial charge in [0.05, 0.1) is 0 Å². The number of nitrogens with zero attached hydrogens (tertiary/aromatic N) is 3. The molecule has 5 heteroatoms. The summed E-state index contributed by atoms with van der Waals surface area (Å²) in [5.41, 5.74) is 4.11. The number of hydrogen-bond acceptors (Lipinski definition) is 3. The molecule has 0 unspecified atom stereocenters. The molecule has 0 bridgehead atoms. The van der Waals surface area contributed by atoms with Crippen molar-refractivity contribution in [1.82, 2.24) is 14.8 Å². The van der Waals surface area contributed by atoms with Crippen molar-refractivity contribution in [2.75, 3.05) is 0 Å². The predicted octanol–water partition coefficient (Wildman–Crippen LogP) is 5.67. The van der Waals surface area contributed by atoms with Gasteiger partial charge in [-0.2, -0.15) is 0 Å². The zero-order valence-corrected chi connectivity index (χ0v) is 15.7. The second-order valence-corrected chi connectivity index (χ2v) is 7.21. The molecular formula is C22H18FN3S. The van der Waals surface area contributed by atoms with Crippen LogP contribution in [-0.2, 0) is 5.75 Å². The maximum absolute atomic E-state index is 13.5. The summed E-state index contributed by atoms with van der Waals surface area (Å²) in [6.45, 7) is 2.06. The van der Waals surface area contributed by atoms with E-state index < -0.39 is 0 Å². The van der Waals surface area contributed by atoms with Gasteiger partial charge in [0.15, 0.2) is 11.0 Å². The Kier molecular flexibility index (Phi) is 5.03. The lowest BCUT2D eigenvalue weighted by atomic mass is 10.1. The van der Waals surface area contributed by atoms with E-state index in [0.717, 1.165) is 27.8 Å². The summed E-state index contributed by atoms with van der Waals surface area (Å²) in [6, 6.07) is 24.9. The maximum Gasteiger partial charge on any atom is 0.196 e. The monoisotopic (exact) mass is 375 g/mol. The number of halogens is 1. The number of para-hydroxylation sites is 1. The first-order valence-corrected chi connectivity index (χ1v) is 9.64. The summed E-state index contributed by atoms with van der Waals surface area (Å²) in [6.07, 6.45) is 0. The predicted molar refractivity (Wildman–Crippen MR) is 107 cm³/mol. The van der Waals surface area contributed by atoms with Gasteiger partial charge in [0.2, 0.25) is 0 Å². The number of aryl methyl sites for hydroxylation is 1. The third-order valence-electron chi connectivity index (χ3n) is 4.18. The van der Waals surface area contributed by atoms with E-state index in [1.54, 1.807) is 23.9 Å². The minimum Gasteiger partial charge on any atom is -0.270 e. The van der Waals surface area contributed by atoms with Gasteiger partial charge in [0, 0.05) is 17.0 Å². The van der Waals surface area contributed by atoms with Crippen molar-refractivity contribution in [1.29, 1.82) is 0 Å². The van der Waals surface area contributed by atoms with Gasteiger partial charge in [0.25, 0.3) is 0 Å². The SMILES string of the molecule is Cc1cccc(-c2nnc(SCc3cccc(F)c3)n2-c2ccccc2)c1. The molecule has 0 saturated carbocycles. The second-order valence-electron chi connectivity index (χ2n) is 6.27. The lowest BCUT2D eigenvalue weighted by Gasteiger charge is -2.10. The fourth-order valence-electron chi connectivity index (χ4n) is 2.92. The number of rotatable bonds is 5. The second kappa shape index (κ2) is 7.76. The summed E-state index contributed by atoms with van der Waals surface area (Å²) >= 11 is 1.55. The summed E-state index contributed by atoms with van der Waals surface area (Å²) < 4.78 is 15.5. The molecule has 3 aromatic carbocycles. The number of benzene rings is 3. The van der Waals surface area contributed by atoms with E-state index in [4.69, 9.17) is 0 Å². The number of thioether (sulfide) groups is 1. The average Bonchev–Trinajstić information content (AvgIpc) is 3.11. The van der Waals surface area contributed by atoms with Crippen LogP contribution in [0.1, 0.15) is 11.1 Å². The molecule has 0 aliphatic heterocycles. The molecule has 3 nitrogen and oxygen atoms in total. The van der Waals surface area contributed by atoms with Crippen molar-refractivity contribution >= 4 is 11.8 Å². The van der Waals surface area contributed by atoms with Crippen molar-refractivity contribution in [3.05, 3.63) is 95.8 Å². The molecule has 0 N–H and O–H groups in total. The van der Waals surface area contributed by atoms with E-state index in [0.29, 0.717) is 5.75 Å². The van der Waals surface area contributed by atoms with E-state index >= 15 is 0 Å². The zero-order valence-electron chi connectivity index (χ0n) is 14.8. The molecule has 4 aromatic rings. The van der Waals surface area contributed by atoms with Crippen LogP contribution in [0.3, 0.4) is 0 Å². The molecule has 0 spiro atoms. The van der Waals surface area contributed by atoms with Gasteiger partial charge in [-0.15, -0.1) is 10.2 Å².